The minimum absolute atomic E-state index is 0.0386. The van der Waals surface area contributed by atoms with Crippen LogP contribution < -0.4 is 5.32 Å². The largest absolute Gasteiger partial charge is 0.505 e. The summed E-state index contributed by atoms with van der Waals surface area (Å²) < 4.78 is 0. The lowest BCUT2D eigenvalue weighted by Crippen LogP contribution is -2.14. The van der Waals surface area contributed by atoms with Gasteiger partial charge in [-0.3, -0.25) is 4.98 Å². The van der Waals surface area contributed by atoms with Gasteiger partial charge in [0.2, 0.25) is 0 Å². The second-order valence-electron chi connectivity index (χ2n) is 6.31. The topological polar surface area (TPSA) is 58.0 Å². The highest BCUT2D eigenvalue weighted by Crippen LogP contribution is 2.39. The van der Waals surface area contributed by atoms with E-state index in [1.807, 2.05) is 24.3 Å². The molecular formula is C21H13Cl4N3O. The highest BCUT2D eigenvalue weighted by molar-refractivity contribution is 6.42. The molecule has 29 heavy (non-hydrogen) atoms. The quantitative estimate of drug-likeness (QED) is 0.336. The Hall–Kier alpha value is -2.24. The summed E-state index contributed by atoms with van der Waals surface area (Å²) in [6.45, 7) is 0. The first-order valence-electron chi connectivity index (χ1n) is 8.53. The number of nitrogens with zero attached hydrogens (tertiary/aromatic N) is 2. The number of nitrogens with one attached hydrogen (secondary N) is 1. The van der Waals surface area contributed by atoms with Gasteiger partial charge in [-0.15, -0.1) is 0 Å². The first-order chi connectivity index (χ1) is 13.9. The first-order valence-corrected chi connectivity index (χ1v) is 10.0. The number of phenolic OH excluding ortho intramolecular Hbond substituents is 1. The van der Waals surface area contributed by atoms with E-state index in [1.165, 1.54) is 6.20 Å². The second-order valence-corrected chi connectivity index (χ2v) is 7.96. The van der Waals surface area contributed by atoms with Gasteiger partial charge in [-0.1, -0.05) is 64.6 Å². The molecule has 0 bridgehead atoms. The number of benzene rings is 2. The summed E-state index contributed by atoms with van der Waals surface area (Å²) in [5.74, 6) is 0.498. The molecule has 8 heteroatoms. The first kappa shape index (κ1) is 20.0. The maximum absolute atomic E-state index is 11.0. The number of pyridine rings is 2. The van der Waals surface area contributed by atoms with Crippen molar-refractivity contribution in [2.45, 2.75) is 6.04 Å². The molecule has 0 aliphatic rings. The standard InChI is InChI=1S/C21H13Cl4N3O/c22-12-4-6-15(23)14(8-12)20(28-18-9-16(24)17(25)10-27-18)13-5-3-11-2-1-7-26-19(11)21(13)29/h1-10,20,29H,(H,27,28). The molecule has 4 nitrogen and oxygen atoms in total. The summed E-state index contributed by atoms with van der Waals surface area (Å²) in [4.78, 5) is 8.57. The molecule has 2 heterocycles. The van der Waals surface area contributed by atoms with Crippen molar-refractivity contribution in [3.63, 3.8) is 0 Å². The summed E-state index contributed by atoms with van der Waals surface area (Å²) in [7, 11) is 0. The molecule has 0 aliphatic heterocycles. The molecule has 0 radical (unpaired) electrons. The van der Waals surface area contributed by atoms with Gasteiger partial charge < -0.3 is 10.4 Å². The van der Waals surface area contributed by atoms with Gasteiger partial charge in [0.05, 0.1) is 16.1 Å². The van der Waals surface area contributed by atoms with Crippen molar-refractivity contribution in [1.29, 1.82) is 0 Å². The van der Waals surface area contributed by atoms with E-state index in [4.69, 9.17) is 46.4 Å². The molecule has 0 saturated carbocycles. The molecule has 4 aromatic rings. The number of fused-ring (bicyclic) bond motifs is 1. The van der Waals surface area contributed by atoms with Gasteiger partial charge in [0.25, 0.3) is 0 Å². The summed E-state index contributed by atoms with van der Waals surface area (Å²) in [5, 5.41) is 16.7. The van der Waals surface area contributed by atoms with Crippen LogP contribution in [-0.2, 0) is 0 Å². The third-order valence-corrected chi connectivity index (χ3v) is 5.75. The molecule has 2 aromatic carbocycles. The van der Waals surface area contributed by atoms with Gasteiger partial charge in [-0.05, 0) is 29.8 Å². The van der Waals surface area contributed by atoms with E-state index in [0.717, 1.165) is 5.39 Å². The van der Waals surface area contributed by atoms with E-state index in [0.29, 0.717) is 42.6 Å². The predicted molar refractivity (Wildman–Crippen MR) is 120 cm³/mol. The van der Waals surface area contributed by atoms with Crippen LogP contribution in [0.5, 0.6) is 5.75 Å². The number of hydrogen-bond donors (Lipinski definition) is 2. The van der Waals surface area contributed by atoms with Gasteiger partial charge in [-0.25, -0.2) is 4.98 Å². The van der Waals surface area contributed by atoms with Gasteiger partial charge in [0, 0.05) is 39.5 Å². The Labute approximate surface area is 187 Å². The lowest BCUT2D eigenvalue weighted by atomic mass is 9.96. The van der Waals surface area contributed by atoms with Crippen molar-refractivity contribution in [3.05, 3.63) is 92.1 Å². The number of halogens is 4. The molecule has 1 unspecified atom stereocenters. The van der Waals surface area contributed by atoms with Crippen LogP contribution in [0, 0.1) is 0 Å². The molecule has 0 spiro atoms. The zero-order valence-electron chi connectivity index (χ0n) is 14.7. The van der Waals surface area contributed by atoms with E-state index in [-0.39, 0.29) is 5.75 Å². The van der Waals surface area contributed by atoms with E-state index in [1.54, 1.807) is 30.5 Å². The average molecular weight is 465 g/mol. The van der Waals surface area contributed by atoms with E-state index >= 15 is 0 Å². The number of aromatic hydroxyl groups is 1. The number of aromatic nitrogens is 2. The molecule has 2 N–H and O–H groups in total. The molecule has 2 aromatic heterocycles. The lowest BCUT2D eigenvalue weighted by Gasteiger charge is -2.23. The molecule has 4 rings (SSSR count). The van der Waals surface area contributed by atoms with Crippen molar-refractivity contribution in [1.82, 2.24) is 9.97 Å². The zero-order chi connectivity index (χ0) is 20.5. The fraction of sp³-hybridized carbons (Fsp3) is 0.0476. The van der Waals surface area contributed by atoms with Crippen LogP contribution >= 0.6 is 46.4 Å². The molecular weight excluding hydrogens is 452 g/mol. The van der Waals surface area contributed by atoms with Gasteiger partial charge in [0.1, 0.15) is 17.1 Å². The Balaban J connectivity index is 1.89. The Morgan fingerprint density at radius 3 is 2.45 bits per heavy atom. The highest BCUT2D eigenvalue weighted by atomic mass is 35.5. The Kier molecular flexibility index (Phi) is 5.70. The average Bonchev–Trinajstić information content (AvgIpc) is 2.72. The number of rotatable bonds is 4. The van der Waals surface area contributed by atoms with Crippen LogP contribution in [-0.4, -0.2) is 15.1 Å². The third kappa shape index (κ3) is 4.07. The molecule has 146 valence electrons. The zero-order valence-corrected chi connectivity index (χ0v) is 17.7. The van der Waals surface area contributed by atoms with Crippen molar-refractivity contribution in [2.24, 2.45) is 0 Å². The summed E-state index contributed by atoms with van der Waals surface area (Å²) in [6, 6.07) is 13.5. The Morgan fingerprint density at radius 1 is 0.828 bits per heavy atom. The second kappa shape index (κ2) is 8.25. The monoisotopic (exact) mass is 463 g/mol. The van der Waals surface area contributed by atoms with Crippen molar-refractivity contribution < 1.29 is 5.11 Å². The van der Waals surface area contributed by atoms with Crippen molar-refractivity contribution >= 4 is 63.1 Å². The van der Waals surface area contributed by atoms with Crippen molar-refractivity contribution in [2.75, 3.05) is 5.32 Å². The van der Waals surface area contributed by atoms with Crippen LogP contribution in [0.15, 0.2) is 60.9 Å². The molecule has 0 fully saturated rings. The summed E-state index contributed by atoms with van der Waals surface area (Å²) in [5.41, 5.74) is 1.71. The lowest BCUT2D eigenvalue weighted by molar-refractivity contribution is 0.471. The Morgan fingerprint density at radius 2 is 1.66 bits per heavy atom. The van der Waals surface area contributed by atoms with Crippen LogP contribution in [0.1, 0.15) is 17.2 Å². The third-order valence-electron chi connectivity index (χ3n) is 4.46. The van der Waals surface area contributed by atoms with Crippen LogP contribution in [0.4, 0.5) is 5.82 Å². The fourth-order valence-corrected chi connectivity index (χ4v) is 3.74. The maximum Gasteiger partial charge on any atom is 0.147 e. The number of anilines is 1. The molecule has 0 saturated heterocycles. The van der Waals surface area contributed by atoms with E-state index in [2.05, 4.69) is 15.3 Å². The minimum Gasteiger partial charge on any atom is -0.505 e. The number of phenols is 1. The summed E-state index contributed by atoms with van der Waals surface area (Å²) in [6.07, 6.45) is 3.08. The molecule has 0 aliphatic carbocycles. The van der Waals surface area contributed by atoms with Gasteiger partial charge >= 0.3 is 0 Å². The van der Waals surface area contributed by atoms with Crippen LogP contribution in [0.2, 0.25) is 20.1 Å². The SMILES string of the molecule is Oc1c(C(Nc2cc(Cl)c(Cl)cn2)c2cc(Cl)ccc2Cl)ccc2cccnc12. The molecule has 0 amide bonds. The number of hydrogen-bond acceptors (Lipinski definition) is 4. The summed E-state index contributed by atoms with van der Waals surface area (Å²) >= 11 is 24.8. The van der Waals surface area contributed by atoms with E-state index in [9.17, 15) is 5.11 Å². The van der Waals surface area contributed by atoms with Crippen LogP contribution in [0.25, 0.3) is 10.9 Å². The smallest absolute Gasteiger partial charge is 0.147 e. The molecule has 1 atom stereocenters. The predicted octanol–water partition coefficient (Wildman–Crippen LogP) is 7.15. The maximum atomic E-state index is 11.0. The minimum atomic E-state index is -0.572. The van der Waals surface area contributed by atoms with Crippen molar-refractivity contribution in [3.8, 4) is 5.75 Å². The van der Waals surface area contributed by atoms with Gasteiger partial charge in [-0.2, -0.15) is 0 Å². The van der Waals surface area contributed by atoms with Crippen LogP contribution in [0.3, 0.4) is 0 Å². The Bertz CT molecular complexity index is 1220. The normalized spacial score (nSPS) is 12.1. The van der Waals surface area contributed by atoms with E-state index < -0.39 is 6.04 Å². The van der Waals surface area contributed by atoms with Gasteiger partial charge in [0.15, 0.2) is 0 Å². The fourth-order valence-electron chi connectivity index (χ4n) is 3.08. The highest BCUT2D eigenvalue weighted by Gasteiger charge is 2.23.